The standard InChI is InChI=1S/C16H18N4O/c1-2-15-17-6-7-19(15)9-12-10-20(11-12)16-13-4-8-21-14(13)3-5-18-16/h3-8,12H,2,9-11H2,1H3. The van der Waals surface area contributed by atoms with E-state index < -0.39 is 0 Å². The smallest absolute Gasteiger partial charge is 0.139 e. The Morgan fingerprint density at radius 3 is 3.00 bits per heavy atom. The predicted molar refractivity (Wildman–Crippen MR) is 81.3 cm³/mol. The number of hydrogen-bond acceptors (Lipinski definition) is 4. The van der Waals surface area contributed by atoms with Crippen molar-refractivity contribution >= 4 is 16.8 Å². The molecule has 1 saturated heterocycles. The van der Waals surface area contributed by atoms with Gasteiger partial charge in [-0.2, -0.15) is 0 Å². The van der Waals surface area contributed by atoms with E-state index >= 15 is 0 Å². The van der Waals surface area contributed by atoms with Crippen LogP contribution in [0, 0.1) is 5.92 Å². The van der Waals surface area contributed by atoms with Gasteiger partial charge in [0.1, 0.15) is 17.2 Å². The van der Waals surface area contributed by atoms with Crippen molar-refractivity contribution in [2.45, 2.75) is 19.9 Å². The highest BCUT2D eigenvalue weighted by molar-refractivity contribution is 5.88. The number of aromatic nitrogens is 3. The molecule has 0 saturated carbocycles. The Bertz CT molecular complexity index is 754. The highest BCUT2D eigenvalue weighted by Crippen LogP contribution is 2.30. The van der Waals surface area contributed by atoms with Crippen LogP contribution in [0.3, 0.4) is 0 Å². The first-order valence-electron chi connectivity index (χ1n) is 7.42. The van der Waals surface area contributed by atoms with Crippen molar-refractivity contribution in [1.29, 1.82) is 0 Å². The van der Waals surface area contributed by atoms with Gasteiger partial charge in [0.05, 0.1) is 11.6 Å². The fourth-order valence-electron chi connectivity index (χ4n) is 3.09. The number of furan rings is 1. The topological polar surface area (TPSA) is 47.1 Å². The maximum atomic E-state index is 5.44. The Morgan fingerprint density at radius 1 is 1.24 bits per heavy atom. The van der Waals surface area contributed by atoms with Crippen LogP contribution < -0.4 is 4.90 Å². The molecule has 108 valence electrons. The van der Waals surface area contributed by atoms with Crippen molar-refractivity contribution in [2.24, 2.45) is 5.92 Å². The fraction of sp³-hybridized carbons (Fsp3) is 0.375. The zero-order valence-corrected chi connectivity index (χ0v) is 12.1. The zero-order valence-electron chi connectivity index (χ0n) is 12.1. The van der Waals surface area contributed by atoms with Crippen LogP contribution in [0.15, 0.2) is 41.4 Å². The molecule has 3 aromatic heterocycles. The van der Waals surface area contributed by atoms with Gasteiger partial charge in [0.25, 0.3) is 0 Å². The van der Waals surface area contributed by atoms with Crippen molar-refractivity contribution in [3.05, 3.63) is 42.8 Å². The summed E-state index contributed by atoms with van der Waals surface area (Å²) in [6.07, 6.45) is 8.50. The summed E-state index contributed by atoms with van der Waals surface area (Å²) in [4.78, 5) is 11.2. The van der Waals surface area contributed by atoms with E-state index in [1.165, 1.54) is 5.82 Å². The molecule has 0 bridgehead atoms. The lowest BCUT2D eigenvalue weighted by molar-refractivity contribution is 0.351. The van der Waals surface area contributed by atoms with Crippen molar-refractivity contribution < 1.29 is 4.42 Å². The van der Waals surface area contributed by atoms with Gasteiger partial charge in [-0.05, 0) is 12.1 Å². The second kappa shape index (κ2) is 4.91. The number of aryl methyl sites for hydroxylation is 1. The first-order chi connectivity index (χ1) is 10.3. The monoisotopic (exact) mass is 282 g/mol. The first kappa shape index (κ1) is 12.4. The van der Waals surface area contributed by atoms with Crippen LogP contribution in [0.5, 0.6) is 0 Å². The lowest BCUT2D eigenvalue weighted by Gasteiger charge is -2.40. The molecule has 5 nitrogen and oxygen atoms in total. The number of anilines is 1. The second-order valence-electron chi connectivity index (χ2n) is 5.59. The number of hydrogen-bond donors (Lipinski definition) is 0. The van der Waals surface area contributed by atoms with Gasteiger partial charge in [-0.1, -0.05) is 6.92 Å². The predicted octanol–water partition coefficient (Wildman–Crippen LogP) is 2.72. The summed E-state index contributed by atoms with van der Waals surface area (Å²) in [7, 11) is 0. The van der Waals surface area contributed by atoms with Crippen molar-refractivity contribution in [3.8, 4) is 0 Å². The maximum Gasteiger partial charge on any atom is 0.139 e. The molecule has 4 heterocycles. The minimum absolute atomic E-state index is 0.661. The van der Waals surface area contributed by atoms with E-state index in [1.807, 2.05) is 24.5 Å². The minimum atomic E-state index is 0.661. The average molecular weight is 282 g/mol. The number of rotatable bonds is 4. The van der Waals surface area contributed by atoms with Crippen molar-refractivity contribution in [3.63, 3.8) is 0 Å². The molecule has 3 aromatic rings. The highest BCUT2D eigenvalue weighted by atomic mass is 16.3. The van der Waals surface area contributed by atoms with Crippen LogP contribution >= 0.6 is 0 Å². The Hall–Kier alpha value is -2.30. The molecule has 0 aliphatic carbocycles. The zero-order chi connectivity index (χ0) is 14.2. The lowest BCUT2D eigenvalue weighted by Crippen LogP contribution is -2.49. The molecular formula is C16H18N4O. The van der Waals surface area contributed by atoms with Gasteiger partial charge in [0.2, 0.25) is 0 Å². The van der Waals surface area contributed by atoms with Crippen LogP contribution in [0.4, 0.5) is 5.82 Å². The van der Waals surface area contributed by atoms with Crippen LogP contribution in [0.2, 0.25) is 0 Å². The Labute approximate surface area is 123 Å². The van der Waals surface area contributed by atoms with Gasteiger partial charge in [-0.15, -0.1) is 0 Å². The summed E-state index contributed by atoms with van der Waals surface area (Å²) >= 11 is 0. The molecule has 0 atom stereocenters. The molecule has 0 radical (unpaired) electrons. The van der Waals surface area contributed by atoms with Gasteiger partial charge in [0.15, 0.2) is 0 Å². The van der Waals surface area contributed by atoms with Gasteiger partial charge >= 0.3 is 0 Å². The Balaban J connectivity index is 1.46. The van der Waals surface area contributed by atoms with E-state index in [4.69, 9.17) is 4.42 Å². The molecule has 1 aliphatic rings. The van der Waals surface area contributed by atoms with E-state index in [0.717, 1.165) is 42.8 Å². The molecule has 1 aliphatic heterocycles. The van der Waals surface area contributed by atoms with Crippen LogP contribution in [-0.4, -0.2) is 27.6 Å². The SMILES string of the molecule is CCc1nccn1CC1CN(c2nccc3occc23)C1. The lowest BCUT2D eigenvalue weighted by atomic mass is 9.99. The minimum Gasteiger partial charge on any atom is -0.464 e. The average Bonchev–Trinajstić information content (AvgIpc) is 3.10. The van der Waals surface area contributed by atoms with Crippen LogP contribution in [0.25, 0.3) is 11.0 Å². The Morgan fingerprint density at radius 2 is 2.14 bits per heavy atom. The van der Waals surface area contributed by atoms with Crippen molar-refractivity contribution in [1.82, 2.24) is 14.5 Å². The Kier molecular flexibility index (Phi) is 2.91. The van der Waals surface area contributed by atoms with Gasteiger partial charge in [0, 0.05) is 50.6 Å². The van der Waals surface area contributed by atoms with E-state index in [-0.39, 0.29) is 0 Å². The summed E-state index contributed by atoms with van der Waals surface area (Å²) < 4.78 is 7.71. The molecule has 21 heavy (non-hydrogen) atoms. The van der Waals surface area contributed by atoms with Gasteiger partial charge in [-0.25, -0.2) is 9.97 Å². The number of pyridine rings is 1. The largest absolute Gasteiger partial charge is 0.464 e. The van der Waals surface area contributed by atoms with E-state index in [0.29, 0.717) is 5.92 Å². The summed E-state index contributed by atoms with van der Waals surface area (Å²) in [5.74, 6) is 2.87. The summed E-state index contributed by atoms with van der Waals surface area (Å²) in [6, 6.07) is 3.91. The third-order valence-electron chi connectivity index (χ3n) is 4.19. The van der Waals surface area contributed by atoms with E-state index in [2.05, 4.69) is 32.6 Å². The number of nitrogens with zero attached hydrogens (tertiary/aromatic N) is 4. The molecule has 1 fully saturated rings. The van der Waals surface area contributed by atoms with Crippen LogP contribution in [0.1, 0.15) is 12.7 Å². The molecule has 0 amide bonds. The molecule has 0 spiro atoms. The third kappa shape index (κ3) is 2.09. The number of imidazole rings is 1. The van der Waals surface area contributed by atoms with Gasteiger partial charge in [-0.3, -0.25) is 0 Å². The third-order valence-corrected chi connectivity index (χ3v) is 4.19. The molecular weight excluding hydrogens is 264 g/mol. The van der Waals surface area contributed by atoms with Gasteiger partial charge < -0.3 is 13.9 Å². The quantitative estimate of drug-likeness (QED) is 0.738. The summed E-state index contributed by atoms with van der Waals surface area (Å²) in [6.45, 7) is 5.27. The highest BCUT2D eigenvalue weighted by Gasteiger charge is 2.29. The van der Waals surface area contributed by atoms with Crippen molar-refractivity contribution in [2.75, 3.05) is 18.0 Å². The maximum absolute atomic E-state index is 5.44. The first-order valence-corrected chi connectivity index (χ1v) is 7.42. The van der Waals surface area contributed by atoms with E-state index in [9.17, 15) is 0 Å². The second-order valence-corrected chi connectivity index (χ2v) is 5.59. The molecule has 0 aromatic carbocycles. The normalized spacial score (nSPS) is 15.6. The molecule has 0 unspecified atom stereocenters. The van der Waals surface area contributed by atoms with Crippen LogP contribution in [-0.2, 0) is 13.0 Å². The molecule has 4 rings (SSSR count). The molecule has 0 N–H and O–H groups in total. The number of fused-ring (bicyclic) bond motifs is 1. The fourth-order valence-corrected chi connectivity index (χ4v) is 3.09. The van der Waals surface area contributed by atoms with E-state index in [1.54, 1.807) is 6.26 Å². The summed E-state index contributed by atoms with van der Waals surface area (Å²) in [5, 5.41) is 1.10. The molecule has 5 heteroatoms. The summed E-state index contributed by atoms with van der Waals surface area (Å²) in [5.41, 5.74) is 0.909.